The van der Waals surface area contributed by atoms with Crippen LogP contribution in [-0.4, -0.2) is 16.7 Å². The van der Waals surface area contributed by atoms with Gasteiger partial charge in [0.1, 0.15) is 5.75 Å². The van der Waals surface area contributed by atoms with Gasteiger partial charge in [0, 0.05) is 29.6 Å². The molecule has 3 rings (SSSR count). The van der Waals surface area contributed by atoms with Crippen LogP contribution in [0.2, 0.25) is 0 Å². The maximum Gasteiger partial charge on any atom is 0.120 e. The summed E-state index contributed by atoms with van der Waals surface area (Å²) in [5.74, 6) is 0.894. The van der Waals surface area contributed by atoms with Gasteiger partial charge in [0.2, 0.25) is 0 Å². The Morgan fingerprint density at radius 3 is 2.68 bits per heavy atom. The van der Waals surface area contributed by atoms with E-state index in [0.717, 1.165) is 18.0 Å². The summed E-state index contributed by atoms with van der Waals surface area (Å²) < 4.78 is 7.62. The molecule has 0 fully saturated rings. The molecule has 0 bridgehead atoms. The summed E-state index contributed by atoms with van der Waals surface area (Å²) in [6.45, 7) is 5.15. The van der Waals surface area contributed by atoms with E-state index < -0.39 is 0 Å². The maximum atomic E-state index is 5.32. The summed E-state index contributed by atoms with van der Waals surface area (Å²) in [7, 11) is 1.70. The van der Waals surface area contributed by atoms with E-state index in [1.807, 2.05) is 12.3 Å². The monoisotopic (exact) mass is 276 g/mol. The Hall–Kier alpha value is -1.74. The van der Waals surface area contributed by atoms with Gasteiger partial charge < -0.3 is 9.30 Å². The smallest absolute Gasteiger partial charge is 0.120 e. The molecule has 0 spiro atoms. The Kier molecular flexibility index (Phi) is 3.67. The fraction of sp³-hybridized carbons (Fsp3) is 0.267. The van der Waals surface area contributed by atoms with Crippen LogP contribution in [0.15, 0.2) is 30.5 Å². The van der Waals surface area contributed by atoms with Gasteiger partial charge in [0.15, 0.2) is 0 Å². The lowest BCUT2D eigenvalue weighted by molar-refractivity contribution is 0.415. The number of pyridine rings is 1. The molecule has 0 aliphatic heterocycles. The second kappa shape index (κ2) is 5.10. The van der Waals surface area contributed by atoms with Crippen LogP contribution in [0.25, 0.3) is 21.8 Å². The second-order valence-electron chi connectivity index (χ2n) is 4.42. The van der Waals surface area contributed by atoms with Crippen LogP contribution in [0.4, 0.5) is 0 Å². The van der Waals surface area contributed by atoms with E-state index in [1.165, 1.54) is 21.8 Å². The van der Waals surface area contributed by atoms with Crippen LogP contribution in [0.5, 0.6) is 5.75 Å². The number of benzene rings is 1. The van der Waals surface area contributed by atoms with Gasteiger partial charge in [-0.2, -0.15) is 0 Å². The SMILES string of the molecule is CCn1c2cc(OC)ccc2c2ccnc(C)c21.Cl. The first-order valence-corrected chi connectivity index (χ1v) is 6.17. The topological polar surface area (TPSA) is 27.1 Å². The fourth-order valence-electron chi connectivity index (χ4n) is 2.66. The molecule has 0 radical (unpaired) electrons. The number of halogens is 1. The van der Waals surface area contributed by atoms with E-state index >= 15 is 0 Å². The summed E-state index contributed by atoms with van der Waals surface area (Å²) in [5, 5.41) is 2.53. The number of hydrogen-bond donors (Lipinski definition) is 0. The average molecular weight is 277 g/mol. The number of aromatic nitrogens is 2. The van der Waals surface area contributed by atoms with Crippen LogP contribution in [-0.2, 0) is 6.54 Å². The average Bonchev–Trinajstić information content (AvgIpc) is 2.73. The highest BCUT2D eigenvalue weighted by Gasteiger charge is 2.12. The predicted molar refractivity (Wildman–Crippen MR) is 81.5 cm³/mol. The van der Waals surface area contributed by atoms with Crippen molar-refractivity contribution in [1.29, 1.82) is 0 Å². The van der Waals surface area contributed by atoms with E-state index in [0.29, 0.717) is 0 Å². The molecule has 3 aromatic rings. The molecule has 19 heavy (non-hydrogen) atoms. The van der Waals surface area contributed by atoms with Gasteiger partial charge in [-0.25, -0.2) is 0 Å². The zero-order valence-corrected chi connectivity index (χ0v) is 12.1. The van der Waals surface area contributed by atoms with Gasteiger partial charge in [0.25, 0.3) is 0 Å². The van der Waals surface area contributed by atoms with Crippen LogP contribution in [0.3, 0.4) is 0 Å². The first-order valence-electron chi connectivity index (χ1n) is 6.17. The number of rotatable bonds is 2. The highest BCUT2D eigenvalue weighted by Crippen LogP contribution is 2.32. The lowest BCUT2D eigenvalue weighted by Gasteiger charge is -2.05. The standard InChI is InChI=1S/C15H16N2O.ClH/c1-4-17-14-9-11(18-3)5-6-12(14)13-7-8-16-10(2)15(13)17;/h5-9H,4H2,1-3H3;1H. The summed E-state index contributed by atoms with van der Waals surface area (Å²) in [6.07, 6.45) is 1.88. The molecule has 0 aliphatic rings. The van der Waals surface area contributed by atoms with Crippen molar-refractivity contribution >= 4 is 34.2 Å². The van der Waals surface area contributed by atoms with E-state index in [2.05, 4.69) is 41.6 Å². The Balaban J connectivity index is 0.00000133. The molecule has 0 N–H and O–H groups in total. The van der Waals surface area contributed by atoms with Crippen molar-refractivity contribution in [3.63, 3.8) is 0 Å². The van der Waals surface area contributed by atoms with Gasteiger partial charge in [-0.3, -0.25) is 4.98 Å². The molecule has 0 amide bonds. The van der Waals surface area contributed by atoms with Crippen molar-refractivity contribution in [1.82, 2.24) is 9.55 Å². The highest BCUT2D eigenvalue weighted by molar-refractivity contribution is 6.08. The molecule has 4 heteroatoms. The number of methoxy groups -OCH3 is 1. The number of fused-ring (bicyclic) bond motifs is 3. The molecule has 0 saturated heterocycles. The summed E-state index contributed by atoms with van der Waals surface area (Å²) in [5.41, 5.74) is 3.51. The molecule has 1 aromatic carbocycles. The van der Waals surface area contributed by atoms with Crippen molar-refractivity contribution in [2.45, 2.75) is 20.4 Å². The molecule has 0 aliphatic carbocycles. The van der Waals surface area contributed by atoms with Crippen LogP contribution < -0.4 is 4.74 Å². The molecular formula is C15H17ClN2O. The van der Waals surface area contributed by atoms with E-state index in [4.69, 9.17) is 4.74 Å². The summed E-state index contributed by atoms with van der Waals surface area (Å²) in [4.78, 5) is 4.40. The van der Waals surface area contributed by atoms with Crippen LogP contribution in [0, 0.1) is 6.92 Å². The van der Waals surface area contributed by atoms with E-state index in [-0.39, 0.29) is 12.4 Å². The third-order valence-electron chi connectivity index (χ3n) is 3.48. The molecule has 100 valence electrons. The number of aryl methyl sites for hydroxylation is 2. The Bertz CT molecular complexity index is 734. The van der Waals surface area contributed by atoms with Crippen molar-refractivity contribution in [3.8, 4) is 5.75 Å². The summed E-state index contributed by atoms with van der Waals surface area (Å²) >= 11 is 0. The van der Waals surface area contributed by atoms with E-state index in [9.17, 15) is 0 Å². The molecule has 2 heterocycles. The lowest BCUT2D eigenvalue weighted by atomic mass is 10.1. The van der Waals surface area contributed by atoms with Gasteiger partial charge in [0.05, 0.1) is 23.8 Å². The van der Waals surface area contributed by atoms with E-state index in [1.54, 1.807) is 7.11 Å². The quantitative estimate of drug-likeness (QED) is 0.709. The van der Waals surface area contributed by atoms with Crippen molar-refractivity contribution in [2.75, 3.05) is 7.11 Å². The minimum atomic E-state index is 0. The lowest BCUT2D eigenvalue weighted by Crippen LogP contribution is -1.96. The van der Waals surface area contributed by atoms with Crippen molar-refractivity contribution < 1.29 is 4.74 Å². The van der Waals surface area contributed by atoms with Gasteiger partial charge in [-0.15, -0.1) is 12.4 Å². The maximum absolute atomic E-state index is 5.32. The van der Waals surface area contributed by atoms with Crippen molar-refractivity contribution in [3.05, 3.63) is 36.2 Å². The third-order valence-corrected chi connectivity index (χ3v) is 3.48. The highest BCUT2D eigenvalue weighted by atomic mass is 35.5. The Morgan fingerprint density at radius 2 is 2.00 bits per heavy atom. The van der Waals surface area contributed by atoms with Crippen LogP contribution >= 0.6 is 12.4 Å². The normalized spacial score (nSPS) is 10.7. The zero-order chi connectivity index (χ0) is 12.7. The van der Waals surface area contributed by atoms with Crippen LogP contribution in [0.1, 0.15) is 12.6 Å². The van der Waals surface area contributed by atoms with Gasteiger partial charge in [-0.1, -0.05) is 0 Å². The molecule has 0 atom stereocenters. The largest absolute Gasteiger partial charge is 0.497 e. The molecular weight excluding hydrogens is 260 g/mol. The van der Waals surface area contributed by atoms with Gasteiger partial charge >= 0.3 is 0 Å². The fourth-order valence-corrected chi connectivity index (χ4v) is 2.66. The minimum Gasteiger partial charge on any atom is -0.497 e. The first-order chi connectivity index (χ1) is 8.76. The Morgan fingerprint density at radius 1 is 1.21 bits per heavy atom. The number of hydrogen-bond acceptors (Lipinski definition) is 2. The Labute approximate surface area is 118 Å². The number of nitrogens with zero attached hydrogens (tertiary/aromatic N) is 2. The second-order valence-corrected chi connectivity index (χ2v) is 4.42. The van der Waals surface area contributed by atoms with Crippen molar-refractivity contribution in [2.24, 2.45) is 0 Å². The zero-order valence-electron chi connectivity index (χ0n) is 11.3. The molecule has 0 saturated carbocycles. The number of ether oxygens (including phenoxy) is 1. The molecule has 2 aromatic heterocycles. The third kappa shape index (κ3) is 1.94. The first kappa shape index (κ1) is 13.7. The predicted octanol–water partition coefficient (Wildman–Crippen LogP) is 3.95. The molecule has 0 unspecified atom stereocenters. The minimum absolute atomic E-state index is 0. The summed E-state index contributed by atoms with van der Waals surface area (Å²) in [6, 6.07) is 8.32. The van der Waals surface area contributed by atoms with Gasteiger partial charge in [-0.05, 0) is 32.0 Å². The molecule has 3 nitrogen and oxygen atoms in total.